The molecule has 2 aliphatic heterocycles. The van der Waals surface area contributed by atoms with Crippen molar-refractivity contribution in [3.8, 4) is 11.5 Å². The second-order valence-corrected chi connectivity index (χ2v) is 9.06. The quantitative estimate of drug-likeness (QED) is 0.613. The van der Waals surface area contributed by atoms with Crippen molar-refractivity contribution in [3.63, 3.8) is 0 Å². The Morgan fingerprint density at radius 3 is 2.52 bits per heavy atom. The minimum Gasteiger partial charge on any atom is -0.493 e. The van der Waals surface area contributed by atoms with Crippen LogP contribution in [0.25, 0.3) is 0 Å². The first-order chi connectivity index (χ1) is 13.8. The first-order valence-electron chi connectivity index (χ1n) is 10.3. The molecule has 2 heterocycles. The van der Waals surface area contributed by atoms with Crippen LogP contribution < -0.4 is 9.47 Å². The molecule has 4 rings (SSSR count). The highest BCUT2D eigenvalue weighted by Crippen LogP contribution is 2.51. The molecular weight excluding hydrogens is 368 g/mol. The molecule has 0 amide bonds. The number of hydrogen-bond acceptors (Lipinski definition) is 6. The van der Waals surface area contributed by atoms with Crippen molar-refractivity contribution >= 4 is 11.5 Å². The first kappa shape index (κ1) is 19.8. The molecule has 156 valence electrons. The van der Waals surface area contributed by atoms with E-state index >= 15 is 0 Å². The van der Waals surface area contributed by atoms with Gasteiger partial charge in [0.1, 0.15) is 0 Å². The smallest absolute Gasteiger partial charge is 0.167 e. The van der Waals surface area contributed by atoms with Crippen LogP contribution in [0.2, 0.25) is 0 Å². The van der Waals surface area contributed by atoms with E-state index in [4.69, 9.17) is 9.47 Å². The predicted molar refractivity (Wildman–Crippen MR) is 111 cm³/mol. The average molecular weight is 399 g/mol. The van der Waals surface area contributed by atoms with Gasteiger partial charge in [-0.3, -0.25) is 4.79 Å². The molecule has 0 radical (unpaired) electrons. The van der Waals surface area contributed by atoms with Gasteiger partial charge < -0.3 is 19.6 Å². The summed E-state index contributed by atoms with van der Waals surface area (Å²) in [5.41, 5.74) is 4.53. The third-order valence-electron chi connectivity index (χ3n) is 6.66. The molecule has 0 bridgehead atoms. The van der Waals surface area contributed by atoms with Gasteiger partial charge in [0.05, 0.1) is 31.5 Å². The molecule has 0 fully saturated rings. The Morgan fingerprint density at radius 1 is 1.21 bits per heavy atom. The molecular formula is C23H30N2O4. The molecule has 6 heteroatoms. The van der Waals surface area contributed by atoms with E-state index in [2.05, 4.69) is 43.0 Å². The van der Waals surface area contributed by atoms with Crippen LogP contribution in [-0.4, -0.2) is 42.4 Å². The lowest BCUT2D eigenvalue weighted by Crippen LogP contribution is -2.50. The predicted octanol–water partition coefficient (Wildman–Crippen LogP) is 4.12. The lowest BCUT2D eigenvalue weighted by Gasteiger charge is -2.51. The van der Waals surface area contributed by atoms with Crippen LogP contribution in [0.4, 0.5) is 0 Å². The number of ether oxygens (including phenoxy) is 2. The summed E-state index contributed by atoms with van der Waals surface area (Å²) in [6.45, 7) is 7.20. The van der Waals surface area contributed by atoms with Crippen LogP contribution in [0, 0.1) is 11.3 Å². The minimum absolute atomic E-state index is 0.0231. The number of methoxy groups -OCH3 is 2. The Bertz CT molecular complexity index is 916. The monoisotopic (exact) mass is 398 g/mol. The van der Waals surface area contributed by atoms with Crippen LogP contribution in [0.15, 0.2) is 28.6 Å². The highest BCUT2D eigenvalue weighted by Gasteiger charge is 2.48. The third-order valence-corrected chi connectivity index (χ3v) is 6.66. The summed E-state index contributed by atoms with van der Waals surface area (Å²) in [5, 5.41) is 13.6. The number of nitrogens with zero attached hydrogens (tertiary/aromatic N) is 2. The van der Waals surface area contributed by atoms with Crippen LogP contribution in [0.3, 0.4) is 0 Å². The zero-order valence-electron chi connectivity index (χ0n) is 17.9. The molecule has 0 spiro atoms. The van der Waals surface area contributed by atoms with Crippen molar-refractivity contribution in [3.05, 3.63) is 34.5 Å². The lowest BCUT2D eigenvalue weighted by atomic mass is 9.67. The zero-order valence-corrected chi connectivity index (χ0v) is 17.9. The fourth-order valence-corrected chi connectivity index (χ4v) is 5.41. The highest BCUT2D eigenvalue weighted by molar-refractivity contribution is 6.24. The van der Waals surface area contributed by atoms with E-state index < -0.39 is 0 Å². The number of oxime groups is 1. The molecule has 29 heavy (non-hydrogen) atoms. The number of carbonyl (C=O) groups is 1. The Kier molecular flexibility index (Phi) is 4.83. The van der Waals surface area contributed by atoms with Crippen LogP contribution in [0.1, 0.15) is 57.2 Å². The first-order valence-corrected chi connectivity index (χ1v) is 10.3. The Morgan fingerprint density at radius 2 is 1.90 bits per heavy atom. The third kappa shape index (κ3) is 3.00. The van der Waals surface area contributed by atoms with Gasteiger partial charge >= 0.3 is 0 Å². The van der Waals surface area contributed by atoms with E-state index in [1.54, 1.807) is 14.2 Å². The van der Waals surface area contributed by atoms with Gasteiger partial charge in [-0.1, -0.05) is 25.9 Å². The van der Waals surface area contributed by atoms with Crippen molar-refractivity contribution in [1.82, 2.24) is 4.90 Å². The summed E-state index contributed by atoms with van der Waals surface area (Å²) in [5.74, 6) is 1.47. The molecule has 0 aromatic heterocycles. The molecule has 6 nitrogen and oxygen atoms in total. The van der Waals surface area contributed by atoms with Gasteiger partial charge in [-0.05, 0) is 47.9 Å². The molecule has 0 saturated carbocycles. The molecule has 1 aliphatic carbocycles. The van der Waals surface area contributed by atoms with Gasteiger partial charge in [-0.25, -0.2) is 0 Å². The normalized spacial score (nSPS) is 26.7. The van der Waals surface area contributed by atoms with E-state index in [-0.39, 0.29) is 23.2 Å². The fraction of sp³-hybridized carbons (Fsp3) is 0.565. The number of fused-ring (bicyclic) bond motifs is 4. The van der Waals surface area contributed by atoms with Gasteiger partial charge in [-0.15, -0.1) is 0 Å². The number of ketones is 1. The van der Waals surface area contributed by atoms with E-state index in [0.29, 0.717) is 23.5 Å². The molecule has 0 unspecified atom stereocenters. The van der Waals surface area contributed by atoms with Gasteiger partial charge in [0.15, 0.2) is 17.3 Å². The second kappa shape index (κ2) is 7.08. The summed E-state index contributed by atoms with van der Waals surface area (Å²) in [7, 11) is 3.30. The maximum absolute atomic E-state index is 13.1. The van der Waals surface area contributed by atoms with Crippen LogP contribution in [0.5, 0.6) is 11.5 Å². The highest BCUT2D eigenvalue weighted by atomic mass is 16.5. The van der Waals surface area contributed by atoms with E-state index in [0.717, 1.165) is 37.3 Å². The van der Waals surface area contributed by atoms with E-state index in [1.807, 2.05) is 0 Å². The number of Topliss-reactive ketones (excluding diaryl/α,β-unsaturated/α-hetero) is 1. The number of hydrogen-bond donors (Lipinski definition) is 1. The minimum atomic E-state index is -0.0992. The van der Waals surface area contributed by atoms with Gasteiger partial charge in [-0.2, -0.15) is 0 Å². The number of rotatable bonds is 3. The summed E-state index contributed by atoms with van der Waals surface area (Å²) in [6, 6.07) is 4.15. The van der Waals surface area contributed by atoms with E-state index in [9.17, 15) is 10.0 Å². The van der Waals surface area contributed by atoms with Crippen molar-refractivity contribution in [2.75, 3.05) is 20.8 Å². The summed E-state index contributed by atoms with van der Waals surface area (Å²) < 4.78 is 11.1. The lowest BCUT2D eigenvalue weighted by molar-refractivity contribution is -0.118. The Hall–Kier alpha value is -2.50. The summed E-state index contributed by atoms with van der Waals surface area (Å²) in [4.78, 5) is 15.5. The van der Waals surface area contributed by atoms with Crippen LogP contribution >= 0.6 is 0 Å². The maximum atomic E-state index is 13.1. The summed E-state index contributed by atoms with van der Waals surface area (Å²) >= 11 is 0. The summed E-state index contributed by atoms with van der Waals surface area (Å²) in [6.07, 6.45) is 2.95. The molecule has 0 saturated heterocycles. The molecule has 1 aromatic rings. The van der Waals surface area contributed by atoms with Gasteiger partial charge in [0, 0.05) is 24.6 Å². The van der Waals surface area contributed by atoms with E-state index in [1.165, 1.54) is 11.1 Å². The van der Waals surface area contributed by atoms with Crippen molar-refractivity contribution in [2.24, 2.45) is 16.5 Å². The molecule has 1 N–H and O–H groups in total. The van der Waals surface area contributed by atoms with Crippen molar-refractivity contribution in [2.45, 2.75) is 52.5 Å². The van der Waals surface area contributed by atoms with Crippen LogP contribution in [-0.2, 0) is 11.2 Å². The van der Waals surface area contributed by atoms with Crippen molar-refractivity contribution < 1.29 is 19.5 Å². The maximum Gasteiger partial charge on any atom is 0.167 e. The Balaban J connectivity index is 1.92. The number of allylic oxidation sites excluding steroid dienone is 2. The van der Waals surface area contributed by atoms with Crippen molar-refractivity contribution in [1.29, 1.82) is 0 Å². The molecule has 3 aliphatic rings. The topological polar surface area (TPSA) is 71.4 Å². The van der Waals surface area contributed by atoms with Gasteiger partial charge in [0.2, 0.25) is 0 Å². The Labute approximate surface area is 172 Å². The zero-order chi connectivity index (χ0) is 20.9. The standard InChI is InChI=1S/C23H30N2O4/c1-6-14-21(24-27)20-16(11-23(2,3)12-17(20)26)25-8-7-13-9-18(28-4)19(29-5)10-15(13)22(14)25/h9-10,14,22,27H,6-8,11-12H2,1-5H3/t14-,22+/m1/s1. The molecule has 1 aromatic carbocycles. The largest absolute Gasteiger partial charge is 0.493 e. The molecule has 2 atom stereocenters. The number of carbonyl (C=O) groups excluding carboxylic acids is 1. The second-order valence-electron chi connectivity index (χ2n) is 9.06. The SMILES string of the molecule is CC[C@@H]1C(=NO)C2=C(CC(C)(C)CC2=O)N2CCc3cc(OC)c(OC)cc3[C@H]12. The van der Waals surface area contributed by atoms with Gasteiger partial charge in [0.25, 0.3) is 0 Å². The number of benzene rings is 1. The average Bonchev–Trinajstić information content (AvgIpc) is 2.70. The fourth-order valence-electron chi connectivity index (χ4n) is 5.41.